The molecule has 14 heteroatoms. The van der Waals surface area contributed by atoms with Crippen LogP contribution in [0.25, 0.3) is 0 Å². The molecule has 0 spiro atoms. The molecule has 0 aliphatic heterocycles. The number of nitrogens with one attached hydrogen (secondary N) is 2. The van der Waals surface area contributed by atoms with Crippen molar-refractivity contribution in [3.63, 3.8) is 0 Å². The first-order chi connectivity index (χ1) is 27.2. The average molecular weight is 809 g/mol. The first kappa shape index (κ1) is 44.0. The van der Waals surface area contributed by atoms with Crippen LogP contribution in [-0.4, -0.2) is 90.6 Å². The largest absolute Gasteiger partial charge is 0.493 e. The van der Waals surface area contributed by atoms with E-state index < -0.39 is 25.5 Å². The van der Waals surface area contributed by atoms with Gasteiger partial charge in [-0.05, 0) is 98.9 Å². The van der Waals surface area contributed by atoms with Gasteiger partial charge in [-0.3, -0.25) is 0 Å². The van der Waals surface area contributed by atoms with Crippen molar-refractivity contribution in [1.82, 2.24) is 10.6 Å². The first-order valence-electron chi connectivity index (χ1n) is 18.2. The van der Waals surface area contributed by atoms with Crippen LogP contribution in [0.4, 0.5) is 0 Å². The number of hydrogen-bond donors (Lipinski definition) is 2. The van der Waals surface area contributed by atoms with Gasteiger partial charge in [0, 0.05) is 35.0 Å². The molecule has 0 saturated heterocycles. The summed E-state index contributed by atoms with van der Waals surface area (Å²) in [5.74, 6) is 1.54. The summed E-state index contributed by atoms with van der Waals surface area (Å²) in [6, 6.07) is 27.1. The number of methoxy groups -OCH3 is 2. The molecule has 0 fully saturated rings. The van der Waals surface area contributed by atoms with Gasteiger partial charge in [-0.25, -0.2) is 9.59 Å². The molecule has 0 amide bonds. The first-order valence-corrected chi connectivity index (χ1v) is 20.6. The molecule has 0 radical (unpaired) electrons. The highest BCUT2D eigenvalue weighted by Crippen LogP contribution is 2.31. The zero-order valence-corrected chi connectivity index (χ0v) is 34.4. The van der Waals surface area contributed by atoms with Gasteiger partial charge in [-0.1, -0.05) is 36.4 Å². The van der Waals surface area contributed by atoms with Crippen molar-refractivity contribution < 1.29 is 47.5 Å². The minimum atomic E-state index is -1.18. The number of thioether (sulfide) groups is 2. The second-order valence-electron chi connectivity index (χ2n) is 12.5. The fourth-order valence-corrected chi connectivity index (χ4v) is 6.78. The Labute approximate surface area is 338 Å². The van der Waals surface area contributed by atoms with Gasteiger partial charge in [0.2, 0.25) is 13.6 Å². The summed E-state index contributed by atoms with van der Waals surface area (Å²) in [6.45, 7) is 5.66. The molecular weight excluding hydrogens is 757 g/mol. The predicted octanol–water partition coefficient (Wildman–Crippen LogP) is 6.81. The molecule has 0 aliphatic rings. The van der Waals surface area contributed by atoms with Gasteiger partial charge in [0.15, 0.2) is 23.0 Å². The quantitative estimate of drug-likeness (QED) is 0.0253. The van der Waals surface area contributed by atoms with Crippen molar-refractivity contribution in [3.8, 4) is 34.5 Å². The van der Waals surface area contributed by atoms with Crippen LogP contribution in [0.3, 0.4) is 0 Å². The van der Waals surface area contributed by atoms with E-state index in [1.54, 1.807) is 14.2 Å². The molecular formula is C42H52N2O10S2. The van der Waals surface area contributed by atoms with Crippen LogP contribution in [0.2, 0.25) is 0 Å². The van der Waals surface area contributed by atoms with Gasteiger partial charge >= 0.3 is 11.9 Å². The van der Waals surface area contributed by atoms with Crippen LogP contribution in [0, 0.1) is 0 Å². The Hall–Kier alpha value is -4.76. The third kappa shape index (κ3) is 14.4. The molecule has 56 heavy (non-hydrogen) atoms. The summed E-state index contributed by atoms with van der Waals surface area (Å²) in [6.07, 6.45) is 5.44. The molecule has 0 bridgehead atoms. The van der Waals surface area contributed by atoms with Crippen molar-refractivity contribution >= 4 is 35.5 Å². The summed E-state index contributed by atoms with van der Waals surface area (Å²) in [7, 11) is 3.24. The van der Waals surface area contributed by atoms with Crippen molar-refractivity contribution in [2.45, 2.75) is 48.6 Å². The highest BCUT2D eigenvalue weighted by Gasteiger charge is 2.19. The number of carbonyl (C=O) groups is 2. The summed E-state index contributed by atoms with van der Waals surface area (Å²) in [5.41, 5.74) is 2.22. The van der Waals surface area contributed by atoms with Gasteiger partial charge in [0.05, 0.1) is 14.2 Å². The minimum absolute atomic E-state index is 0.194. The average Bonchev–Trinajstić information content (AvgIpc) is 3.22. The van der Waals surface area contributed by atoms with Gasteiger partial charge in [0.1, 0.15) is 24.7 Å². The molecule has 4 rings (SSSR count). The van der Waals surface area contributed by atoms with Crippen molar-refractivity contribution in [2.24, 2.45) is 0 Å². The summed E-state index contributed by atoms with van der Waals surface area (Å²) < 4.78 is 43.8. The number of rotatable bonds is 24. The minimum Gasteiger partial charge on any atom is -0.493 e. The molecule has 4 aromatic rings. The van der Waals surface area contributed by atoms with Crippen LogP contribution in [0.5, 0.6) is 34.5 Å². The molecule has 12 nitrogen and oxygen atoms in total. The number of ether oxygens (including phenoxy) is 8. The van der Waals surface area contributed by atoms with Gasteiger partial charge in [0.25, 0.3) is 0 Å². The van der Waals surface area contributed by atoms with Gasteiger partial charge < -0.3 is 48.5 Å². The lowest BCUT2D eigenvalue weighted by Crippen LogP contribution is -2.31. The van der Waals surface area contributed by atoms with E-state index in [1.807, 2.05) is 97.4 Å². The number of esters is 2. The van der Waals surface area contributed by atoms with Crippen molar-refractivity contribution in [1.29, 1.82) is 0 Å². The Morgan fingerprint density at radius 3 is 1.32 bits per heavy atom. The lowest BCUT2D eigenvalue weighted by molar-refractivity contribution is -0.175. The summed E-state index contributed by atoms with van der Waals surface area (Å²) in [5, 5.41) is 6.95. The highest BCUT2D eigenvalue weighted by atomic mass is 32.2. The van der Waals surface area contributed by atoms with E-state index in [4.69, 9.17) is 37.9 Å². The lowest BCUT2D eigenvalue weighted by atomic mass is 10.1. The fraction of sp³-hybridized carbons (Fsp3) is 0.381. The van der Waals surface area contributed by atoms with Crippen LogP contribution in [0.1, 0.15) is 25.0 Å². The number of hydrogen-bond acceptors (Lipinski definition) is 14. The fourth-order valence-electron chi connectivity index (χ4n) is 5.59. The van der Waals surface area contributed by atoms with Crippen LogP contribution >= 0.6 is 23.5 Å². The molecule has 302 valence electrons. The van der Waals surface area contributed by atoms with E-state index in [2.05, 4.69) is 24.5 Å². The topological polar surface area (TPSA) is 132 Å². The van der Waals surface area contributed by atoms with E-state index in [0.29, 0.717) is 60.8 Å². The Morgan fingerprint density at radius 2 is 0.946 bits per heavy atom. The Morgan fingerprint density at radius 1 is 0.554 bits per heavy atom. The van der Waals surface area contributed by atoms with Crippen LogP contribution in [-0.2, 0) is 31.9 Å². The molecule has 0 saturated carbocycles. The molecule has 0 heterocycles. The second-order valence-corrected chi connectivity index (χ2v) is 14.2. The molecule has 2 unspecified atom stereocenters. The maximum Gasteiger partial charge on any atom is 0.420 e. The number of benzene rings is 4. The Kier molecular flexibility index (Phi) is 18.8. The molecule has 2 atom stereocenters. The van der Waals surface area contributed by atoms with Crippen LogP contribution in [0.15, 0.2) is 94.7 Å². The molecule has 0 aliphatic carbocycles. The monoisotopic (exact) mass is 808 g/mol. The summed E-state index contributed by atoms with van der Waals surface area (Å²) in [4.78, 5) is 26.4. The van der Waals surface area contributed by atoms with E-state index in [9.17, 15) is 9.59 Å². The molecule has 0 aromatic heterocycles. The third-order valence-corrected chi connectivity index (χ3v) is 9.88. The van der Waals surface area contributed by atoms with E-state index in [0.717, 1.165) is 33.8 Å². The second kappa shape index (κ2) is 24.0. The van der Waals surface area contributed by atoms with Crippen molar-refractivity contribution in [2.75, 3.05) is 66.6 Å². The zero-order chi connectivity index (χ0) is 40.1. The van der Waals surface area contributed by atoms with Gasteiger partial charge in [-0.15, -0.1) is 23.5 Å². The zero-order valence-electron chi connectivity index (χ0n) is 32.8. The maximum atomic E-state index is 12.3. The number of para-hydroxylation sites is 4. The summed E-state index contributed by atoms with van der Waals surface area (Å²) >= 11 is 3.01. The Balaban J connectivity index is 1.12. The predicted molar refractivity (Wildman–Crippen MR) is 219 cm³/mol. The van der Waals surface area contributed by atoms with Gasteiger partial charge in [-0.2, -0.15) is 0 Å². The molecule has 4 aromatic carbocycles. The van der Waals surface area contributed by atoms with Crippen LogP contribution < -0.4 is 39.1 Å². The normalized spacial score (nSPS) is 11.9. The smallest absolute Gasteiger partial charge is 0.420 e. The van der Waals surface area contributed by atoms with E-state index in [-0.39, 0.29) is 12.1 Å². The standard InChI is InChI=1S/C42H52N2O10S2/c1-29(43-19-21-49-35-13-9-7-11-33(35)47-3)23-31-15-17-37(39(25-31)55-5)51-27-53-41(45)42(46)54-28-52-38-18-16-32(26-40(38)56-6)24-30(2)44-20-22-50-36-14-10-8-12-34(36)48-4/h7-18,25-26,29-30,43-44H,19-24,27-28H2,1-6H3. The third-order valence-electron chi connectivity index (χ3n) is 8.36. The maximum absolute atomic E-state index is 12.3. The van der Waals surface area contributed by atoms with E-state index in [1.165, 1.54) is 23.5 Å². The highest BCUT2D eigenvalue weighted by molar-refractivity contribution is 7.99. The number of carbonyl (C=O) groups excluding carboxylic acids is 2. The van der Waals surface area contributed by atoms with E-state index >= 15 is 0 Å². The Bertz CT molecular complexity index is 1700. The lowest BCUT2D eigenvalue weighted by Gasteiger charge is -2.17. The molecule has 2 N–H and O–H groups in total. The SMILES string of the molecule is COc1ccccc1OCCNC(C)Cc1ccc(OCOC(=O)C(=O)OCOc2ccc(CC(C)NCCOc3ccccc3OC)cc2SC)c(SC)c1. The van der Waals surface area contributed by atoms with Crippen molar-refractivity contribution in [3.05, 3.63) is 96.1 Å².